The first-order chi connectivity index (χ1) is 9.14. The normalized spacial score (nSPS) is 20.5. The van der Waals surface area contributed by atoms with Crippen molar-refractivity contribution in [2.24, 2.45) is 5.73 Å². The summed E-state index contributed by atoms with van der Waals surface area (Å²) in [5.74, 6) is 1.19. The summed E-state index contributed by atoms with van der Waals surface area (Å²) in [6, 6.07) is 5.52. The first-order valence-corrected chi connectivity index (χ1v) is 6.65. The lowest BCUT2D eigenvalue weighted by Gasteiger charge is -2.09. The minimum absolute atomic E-state index is 0.113. The van der Waals surface area contributed by atoms with Crippen molar-refractivity contribution in [2.75, 3.05) is 5.32 Å². The molecular weight excluding hydrogens is 242 g/mol. The number of nitrogens with one attached hydrogen (secondary N) is 1. The third kappa shape index (κ3) is 1.90. The zero-order valence-corrected chi connectivity index (χ0v) is 10.5. The summed E-state index contributed by atoms with van der Waals surface area (Å²) in [4.78, 5) is 16.3. The van der Waals surface area contributed by atoms with Gasteiger partial charge in [-0.25, -0.2) is 4.98 Å². The molecule has 3 N–H and O–H groups in total. The van der Waals surface area contributed by atoms with Crippen molar-refractivity contribution in [3.8, 4) is 0 Å². The standard InChI is InChI=1S/C14H15N3O2/c15-14(5-6-14)13(18)16-9-3-4-11-10(7-9)17-12(19-11)8-1-2-8/h3-4,7-8H,1-2,5-6,15H2,(H,16,18). The number of aromatic nitrogens is 1. The van der Waals surface area contributed by atoms with Crippen LogP contribution in [0.25, 0.3) is 11.1 Å². The topological polar surface area (TPSA) is 81.2 Å². The van der Waals surface area contributed by atoms with Crippen LogP contribution in [0.15, 0.2) is 22.6 Å². The molecule has 4 rings (SSSR count). The molecule has 0 radical (unpaired) electrons. The van der Waals surface area contributed by atoms with Gasteiger partial charge in [-0.3, -0.25) is 4.79 Å². The van der Waals surface area contributed by atoms with Gasteiger partial charge in [-0.2, -0.15) is 0 Å². The first-order valence-electron chi connectivity index (χ1n) is 6.65. The van der Waals surface area contributed by atoms with E-state index < -0.39 is 5.54 Å². The van der Waals surface area contributed by atoms with Crippen molar-refractivity contribution in [3.05, 3.63) is 24.1 Å². The maximum absolute atomic E-state index is 11.9. The molecule has 1 amide bonds. The van der Waals surface area contributed by atoms with Crippen LogP contribution in [0.2, 0.25) is 0 Å². The summed E-state index contributed by atoms with van der Waals surface area (Å²) in [7, 11) is 0. The Balaban J connectivity index is 1.61. The molecule has 0 aliphatic heterocycles. The number of rotatable bonds is 3. The summed E-state index contributed by atoms with van der Waals surface area (Å²) >= 11 is 0. The Morgan fingerprint density at radius 1 is 1.42 bits per heavy atom. The molecule has 5 heteroatoms. The molecule has 19 heavy (non-hydrogen) atoms. The molecule has 2 aromatic rings. The highest BCUT2D eigenvalue weighted by molar-refractivity contribution is 6.00. The van der Waals surface area contributed by atoms with Crippen molar-refractivity contribution in [2.45, 2.75) is 37.1 Å². The average molecular weight is 257 g/mol. The minimum atomic E-state index is -0.655. The largest absolute Gasteiger partial charge is 0.440 e. The van der Waals surface area contributed by atoms with Gasteiger partial charge in [0.25, 0.3) is 0 Å². The Morgan fingerprint density at radius 2 is 2.21 bits per heavy atom. The van der Waals surface area contributed by atoms with Gasteiger partial charge in [0.05, 0.1) is 5.54 Å². The molecule has 0 unspecified atom stereocenters. The van der Waals surface area contributed by atoms with Crippen molar-refractivity contribution in [1.29, 1.82) is 0 Å². The summed E-state index contributed by atoms with van der Waals surface area (Å²) < 4.78 is 5.68. The van der Waals surface area contributed by atoms with Crippen LogP contribution in [-0.2, 0) is 4.79 Å². The van der Waals surface area contributed by atoms with Crippen LogP contribution in [-0.4, -0.2) is 16.4 Å². The average Bonchev–Trinajstić information content (AvgIpc) is 3.30. The molecule has 2 saturated carbocycles. The van der Waals surface area contributed by atoms with E-state index in [2.05, 4.69) is 10.3 Å². The highest BCUT2D eigenvalue weighted by atomic mass is 16.3. The van der Waals surface area contributed by atoms with E-state index in [1.807, 2.05) is 18.2 Å². The molecule has 1 aromatic heterocycles. The van der Waals surface area contributed by atoms with Gasteiger partial charge in [-0.1, -0.05) is 0 Å². The van der Waals surface area contributed by atoms with E-state index in [1.165, 1.54) is 0 Å². The minimum Gasteiger partial charge on any atom is -0.440 e. The summed E-state index contributed by atoms with van der Waals surface area (Å²) in [5.41, 5.74) is 7.49. The number of nitrogens with two attached hydrogens (primary N) is 1. The number of hydrogen-bond acceptors (Lipinski definition) is 4. The number of carbonyl (C=O) groups excluding carboxylic acids is 1. The quantitative estimate of drug-likeness (QED) is 0.882. The Labute approximate surface area is 110 Å². The number of carbonyl (C=O) groups is 1. The lowest BCUT2D eigenvalue weighted by atomic mass is 10.2. The number of fused-ring (bicyclic) bond motifs is 1. The second-order valence-corrected chi connectivity index (χ2v) is 5.62. The molecule has 2 fully saturated rings. The molecule has 1 heterocycles. The fourth-order valence-corrected chi connectivity index (χ4v) is 2.15. The molecule has 0 bridgehead atoms. The molecule has 0 spiro atoms. The van der Waals surface area contributed by atoms with Gasteiger partial charge >= 0.3 is 0 Å². The van der Waals surface area contributed by atoms with Crippen LogP contribution in [0, 0.1) is 0 Å². The van der Waals surface area contributed by atoms with Gasteiger partial charge in [-0.15, -0.1) is 0 Å². The summed E-state index contributed by atoms with van der Waals surface area (Å²) in [5, 5.41) is 2.85. The Kier molecular flexibility index (Phi) is 2.07. The number of amides is 1. The van der Waals surface area contributed by atoms with Gasteiger partial charge in [0.2, 0.25) is 5.91 Å². The van der Waals surface area contributed by atoms with E-state index >= 15 is 0 Å². The van der Waals surface area contributed by atoms with Gasteiger partial charge in [-0.05, 0) is 43.9 Å². The SMILES string of the molecule is NC1(C(=O)Nc2ccc3oc(C4CC4)nc3c2)CC1. The second-order valence-electron chi connectivity index (χ2n) is 5.62. The second kappa shape index (κ2) is 3.57. The van der Waals surface area contributed by atoms with Crippen LogP contribution in [0.5, 0.6) is 0 Å². The first kappa shape index (κ1) is 11.0. The zero-order chi connectivity index (χ0) is 13.0. The smallest absolute Gasteiger partial charge is 0.244 e. The molecular formula is C14H15N3O2. The Hall–Kier alpha value is -1.88. The van der Waals surface area contributed by atoms with Crippen LogP contribution in [0.3, 0.4) is 0 Å². The summed E-state index contributed by atoms with van der Waals surface area (Å²) in [6.45, 7) is 0. The van der Waals surface area contributed by atoms with E-state index in [1.54, 1.807) is 0 Å². The molecule has 98 valence electrons. The maximum Gasteiger partial charge on any atom is 0.244 e. The molecule has 1 aromatic carbocycles. The maximum atomic E-state index is 11.9. The number of nitrogens with zero attached hydrogens (tertiary/aromatic N) is 1. The van der Waals surface area contributed by atoms with E-state index in [4.69, 9.17) is 10.2 Å². The van der Waals surface area contributed by atoms with Crippen molar-refractivity contribution < 1.29 is 9.21 Å². The number of hydrogen-bond donors (Lipinski definition) is 2. The molecule has 0 saturated heterocycles. The Bertz CT molecular complexity index is 668. The highest BCUT2D eigenvalue weighted by Crippen LogP contribution is 2.40. The lowest BCUT2D eigenvalue weighted by Crippen LogP contribution is -2.37. The predicted molar refractivity (Wildman–Crippen MR) is 70.8 cm³/mol. The monoisotopic (exact) mass is 257 g/mol. The lowest BCUT2D eigenvalue weighted by molar-refractivity contribution is -0.118. The number of anilines is 1. The fraction of sp³-hybridized carbons (Fsp3) is 0.429. The van der Waals surface area contributed by atoms with Gasteiger partial charge in [0.15, 0.2) is 11.5 Å². The van der Waals surface area contributed by atoms with Crippen LogP contribution in [0.4, 0.5) is 5.69 Å². The van der Waals surface area contributed by atoms with Crippen molar-refractivity contribution >= 4 is 22.7 Å². The van der Waals surface area contributed by atoms with E-state index in [0.29, 0.717) is 5.92 Å². The van der Waals surface area contributed by atoms with Gasteiger partial charge < -0.3 is 15.5 Å². The molecule has 0 atom stereocenters. The third-order valence-electron chi connectivity index (χ3n) is 3.83. The van der Waals surface area contributed by atoms with Gasteiger partial charge in [0, 0.05) is 11.6 Å². The van der Waals surface area contributed by atoms with Crippen LogP contribution >= 0.6 is 0 Å². The van der Waals surface area contributed by atoms with Crippen LogP contribution < -0.4 is 11.1 Å². The van der Waals surface area contributed by atoms with Crippen molar-refractivity contribution in [1.82, 2.24) is 4.98 Å². The zero-order valence-electron chi connectivity index (χ0n) is 10.5. The molecule has 2 aliphatic carbocycles. The van der Waals surface area contributed by atoms with E-state index in [9.17, 15) is 4.79 Å². The molecule has 5 nitrogen and oxygen atoms in total. The predicted octanol–water partition coefficient (Wildman–Crippen LogP) is 2.13. The van der Waals surface area contributed by atoms with E-state index in [0.717, 1.165) is 48.4 Å². The highest BCUT2D eigenvalue weighted by Gasteiger charge is 2.45. The third-order valence-corrected chi connectivity index (χ3v) is 3.83. The molecule has 2 aliphatic rings. The summed E-state index contributed by atoms with van der Waals surface area (Å²) in [6.07, 6.45) is 3.84. The number of oxazole rings is 1. The van der Waals surface area contributed by atoms with Crippen LogP contribution in [0.1, 0.15) is 37.5 Å². The van der Waals surface area contributed by atoms with Gasteiger partial charge in [0.1, 0.15) is 5.52 Å². The van der Waals surface area contributed by atoms with Crippen molar-refractivity contribution in [3.63, 3.8) is 0 Å². The number of benzene rings is 1. The van der Waals surface area contributed by atoms with E-state index in [-0.39, 0.29) is 5.91 Å². The fourth-order valence-electron chi connectivity index (χ4n) is 2.15. The Morgan fingerprint density at radius 3 is 2.89 bits per heavy atom.